The fraction of sp³-hybridized carbons (Fsp3) is 0.385. The summed E-state index contributed by atoms with van der Waals surface area (Å²) in [6, 6.07) is 14.8. The van der Waals surface area contributed by atoms with Gasteiger partial charge in [-0.1, -0.05) is 36.4 Å². The fourth-order valence-electron chi connectivity index (χ4n) is 4.34. The average molecular weight is 462 g/mol. The summed E-state index contributed by atoms with van der Waals surface area (Å²) in [5.74, 6) is 1.94. The van der Waals surface area contributed by atoms with Crippen molar-refractivity contribution in [2.45, 2.75) is 32.9 Å². The van der Waals surface area contributed by atoms with Crippen molar-refractivity contribution in [1.82, 2.24) is 15.3 Å². The Morgan fingerprint density at radius 3 is 2.74 bits per heavy atom. The Morgan fingerprint density at radius 2 is 1.94 bits per heavy atom. The van der Waals surface area contributed by atoms with Crippen LogP contribution in [0.3, 0.4) is 0 Å². The minimum absolute atomic E-state index is 0.535. The van der Waals surface area contributed by atoms with E-state index in [2.05, 4.69) is 75.8 Å². The number of benzene rings is 2. The number of rotatable bonds is 10. The number of hydrogen-bond donors (Lipinski definition) is 5. The van der Waals surface area contributed by atoms with E-state index in [0.717, 1.165) is 36.7 Å². The molecule has 1 saturated heterocycles. The molecule has 0 unspecified atom stereocenters. The smallest absolute Gasteiger partial charge is 0.225 e. The van der Waals surface area contributed by atoms with Gasteiger partial charge in [0.15, 0.2) is 5.82 Å². The van der Waals surface area contributed by atoms with Crippen molar-refractivity contribution in [2.75, 3.05) is 42.9 Å². The van der Waals surface area contributed by atoms with Crippen molar-refractivity contribution in [3.05, 3.63) is 65.4 Å². The summed E-state index contributed by atoms with van der Waals surface area (Å²) in [4.78, 5) is 14.3. The molecular formula is C26H35N7O. The van der Waals surface area contributed by atoms with Crippen LogP contribution in [0.1, 0.15) is 29.5 Å². The third-order valence-electron chi connectivity index (χ3n) is 6.37. The van der Waals surface area contributed by atoms with Crippen LogP contribution in [0.4, 0.5) is 17.5 Å². The first kappa shape index (κ1) is 23.9. The minimum atomic E-state index is 0.535. The average Bonchev–Trinajstić information content (AvgIpc) is 2.88. The first-order valence-corrected chi connectivity index (χ1v) is 11.9. The molecule has 0 spiro atoms. The van der Waals surface area contributed by atoms with E-state index in [0.29, 0.717) is 25.0 Å². The maximum absolute atomic E-state index is 5.84. The van der Waals surface area contributed by atoms with Crippen LogP contribution in [0.25, 0.3) is 11.1 Å². The molecule has 0 saturated carbocycles. The Kier molecular flexibility index (Phi) is 8.30. The Morgan fingerprint density at radius 1 is 1.12 bits per heavy atom. The second kappa shape index (κ2) is 11.8. The quantitative estimate of drug-likeness (QED) is 0.289. The molecule has 8 heteroatoms. The zero-order chi connectivity index (χ0) is 23.8. The van der Waals surface area contributed by atoms with Gasteiger partial charge < -0.3 is 21.7 Å². The van der Waals surface area contributed by atoms with E-state index in [4.69, 9.17) is 15.6 Å². The van der Waals surface area contributed by atoms with Gasteiger partial charge in [0.25, 0.3) is 0 Å². The molecule has 6 N–H and O–H groups in total. The summed E-state index contributed by atoms with van der Waals surface area (Å²) < 4.78 is 0. The van der Waals surface area contributed by atoms with Crippen molar-refractivity contribution in [3.63, 3.8) is 0 Å². The van der Waals surface area contributed by atoms with Crippen LogP contribution < -0.4 is 27.2 Å². The monoisotopic (exact) mass is 461 g/mol. The Labute approximate surface area is 201 Å². The Balaban J connectivity index is 1.47. The summed E-state index contributed by atoms with van der Waals surface area (Å²) >= 11 is 0. The van der Waals surface area contributed by atoms with E-state index in [-0.39, 0.29) is 0 Å². The van der Waals surface area contributed by atoms with Crippen LogP contribution in [-0.4, -0.2) is 36.7 Å². The van der Waals surface area contributed by atoms with Crippen molar-refractivity contribution >= 4 is 17.5 Å². The lowest BCUT2D eigenvalue weighted by molar-refractivity contribution is 0.271. The molecule has 2 heterocycles. The SMILES string of the molecule is CONc1cnc(NCc2cccc(-c3cccc(CN)c3)c2C)nc1NCC1CCNCC1. The highest BCUT2D eigenvalue weighted by Gasteiger charge is 2.15. The molecule has 1 aromatic heterocycles. The lowest BCUT2D eigenvalue weighted by Crippen LogP contribution is -2.31. The van der Waals surface area contributed by atoms with Gasteiger partial charge in [0.2, 0.25) is 5.95 Å². The Hall–Kier alpha value is -3.20. The van der Waals surface area contributed by atoms with Crippen molar-refractivity contribution in [3.8, 4) is 11.1 Å². The molecule has 0 radical (unpaired) electrons. The van der Waals surface area contributed by atoms with E-state index in [1.165, 1.54) is 35.1 Å². The largest absolute Gasteiger partial charge is 0.368 e. The molecule has 34 heavy (non-hydrogen) atoms. The first-order valence-electron chi connectivity index (χ1n) is 11.9. The van der Waals surface area contributed by atoms with Gasteiger partial charge in [-0.15, -0.1) is 0 Å². The maximum Gasteiger partial charge on any atom is 0.225 e. The zero-order valence-electron chi connectivity index (χ0n) is 20.0. The zero-order valence-corrected chi connectivity index (χ0v) is 20.0. The normalized spacial score (nSPS) is 14.1. The van der Waals surface area contributed by atoms with E-state index in [1.807, 2.05) is 0 Å². The second-order valence-electron chi connectivity index (χ2n) is 8.68. The number of hydrogen-bond acceptors (Lipinski definition) is 8. The van der Waals surface area contributed by atoms with Gasteiger partial charge in [-0.25, -0.2) is 4.98 Å². The van der Waals surface area contributed by atoms with E-state index < -0.39 is 0 Å². The van der Waals surface area contributed by atoms with Gasteiger partial charge in [0.05, 0.1) is 13.3 Å². The third-order valence-corrected chi connectivity index (χ3v) is 6.37. The number of piperidine rings is 1. The summed E-state index contributed by atoms with van der Waals surface area (Å²) in [6.45, 7) is 6.33. The minimum Gasteiger partial charge on any atom is -0.368 e. The standard InChI is InChI=1S/C26H35N7O/c1-18-22(7-4-8-23(18)21-6-3-5-20(13-21)14-27)16-30-26-31-17-24(33-34-2)25(32-26)29-15-19-9-11-28-12-10-19/h3-8,13,17,19,28,33H,9-12,14-16,27H2,1-2H3,(H2,29,30,31,32). The number of anilines is 3. The van der Waals surface area contributed by atoms with Crippen LogP contribution in [0, 0.1) is 12.8 Å². The van der Waals surface area contributed by atoms with E-state index >= 15 is 0 Å². The number of nitrogens with two attached hydrogens (primary N) is 1. The van der Waals surface area contributed by atoms with Gasteiger partial charge in [-0.05, 0) is 72.7 Å². The predicted octanol–water partition coefficient (Wildman–Crippen LogP) is 3.91. The second-order valence-corrected chi connectivity index (χ2v) is 8.68. The molecule has 0 aliphatic carbocycles. The van der Waals surface area contributed by atoms with Gasteiger partial charge in [-0.3, -0.25) is 10.3 Å². The summed E-state index contributed by atoms with van der Waals surface area (Å²) in [5, 5.41) is 10.3. The van der Waals surface area contributed by atoms with Crippen LogP contribution in [0.2, 0.25) is 0 Å². The molecule has 1 aliphatic heterocycles. The maximum atomic E-state index is 5.84. The molecule has 0 atom stereocenters. The molecule has 0 bridgehead atoms. The van der Waals surface area contributed by atoms with Crippen LogP contribution in [0.15, 0.2) is 48.7 Å². The lowest BCUT2D eigenvalue weighted by Gasteiger charge is -2.23. The van der Waals surface area contributed by atoms with Gasteiger partial charge >= 0.3 is 0 Å². The number of aromatic nitrogens is 2. The summed E-state index contributed by atoms with van der Waals surface area (Å²) in [7, 11) is 1.59. The number of nitrogens with one attached hydrogen (secondary N) is 4. The van der Waals surface area contributed by atoms with Crippen LogP contribution >= 0.6 is 0 Å². The van der Waals surface area contributed by atoms with Crippen LogP contribution in [0.5, 0.6) is 0 Å². The van der Waals surface area contributed by atoms with Crippen molar-refractivity contribution < 1.29 is 4.84 Å². The topological polar surface area (TPSA) is 109 Å². The molecule has 1 aliphatic rings. The summed E-state index contributed by atoms with van der Waals surface area (Å²) in [6.07, 6.45) is 4.07. The predicted molar refractivity (Wildman–Crippen MR) is 139 cm³/mol. The molecular weight excluding hydrogens is 426 g/mol. The molecule has 3 aromatic rings. The van der Waals surface area contributed by atoms with Crippen molar-refractivity contribution in [2.24, 2.45) is 11.7 Å². The fourth-order valence-corrected chi connectivity index (χ4v) is 4.34. The lowest BCUT2D eigenvalue weighted by atomic mass is 9.95. The highest BCUT2D eigenvalue weighted by Crippen LogP contribution is 2.27. The molecule has 2 aromatic carbocycles. The molecule has 4 rings (SSSR count). The van der Waals surface area contributed by atoms with E-state index in [1.54, 1.807) is 13.3 Å². The van der Waals surface area contributed by atoms with Gasteiger partial charge in [-0.2, -0.15) is 4.98 Å². The van der Waals surface area contributed by atoms with Gasteiger partial charge in [0, 0.05) is 19.6 Å². The molecule has 8 nitrogen and oxygen atoms in total. The van der Waals surface area contributed by atoms with E-state index in [9.17, 15) is 0 Å². The summed E-state index contributed by atoms with van der Waals surface area (Å²) in [5.41, 5.74) is 15.4. The highest BCUT2D eigenvalue weighted by molar-refractivity contribution is 5.69. The molecule has 0 amide bonds. The van der Waals surface area contributed by atoms with Crippen LogP contribution in [-0.2, 0) is 17.9 Å². The first-order chi connectivity index (χ1) is 16.7. The van der Waals surface area contributed by atoms with Gasteiger partial charge in [0.1, 0.15) is 5.69 Å². The van der Waals surface area contributed by atoms with Crippen molar-refractivity contribution in [1.29, 1.82) is 0 Å². The molecule has 1 fully saturated rings. The number of nitrogens with zero attached hydrogens (tertiary/aromatic N) is 2. The third kappa shape index (κ3) is 6.02. The highest BCUT2D eigenvalue weighted by atomic mass is 16.6. The molecule has 180 valence electrons. The Bertz CT molecular complexity index is 1080.